The van der Waals surface area contributed by atoms with Crippen molar-refractivity contribution in [2.24, 2.45) is 0 Å². The molecule has 0 saturated heterocycles. The Hall–Kier alpha value is -9.34. The number of rotatable bonds is 10. The zero-order valence-corrected chi connectivity index (χ0v) is 42.0. The first kappa shape index (κ1) is 44.4. The van der Waals surface area contributed by atoms with Gasteiger partial charge in [0.2, 0.25) is 0 Å². The first-order valence-corrected chi connectivity index (χ1v) is 26.6. The molecule has 2 heteroatoms. The standard InChI is InChI=1S/C73H49NS/c1-4-16-50(17-5-1)53-36-44-60(45-37-53)74(61-46-38-54(39-47-61)51-18-6-2-7-19-51)62-48-40-55(41-49-62)52-30-32-56(33-31-52)63-24-14-26-67-65-22-10-12-28-69(65)73(71(63)67,58-20-8-3-9-21-58)59-42-34-57(35-43-59)64-25-15-27-68-66-23-11-13-29-70(66)75-72(64)68/h1-49H. The summed E-state index contributed by atoms with van der Waals surface area (Å²) in [6.45, 7) is 0. The summed E-state index contributed by atoms with van der Waals surface area (Å²) in [4.78, 5) is 2.35. The van der Waals surface area contributed by atoms with E-state index in [1.807, 2.05) is 11.3 Å². The fourth-order valence-electron chi connectivity index (χ4n) is 11.9. The Morgan fingerprint density at radius 2 is 0.640 bits per heavy atom. The van der Waals surface area contributed by atoms with Crippen molar-refractivity contribution in [3.05, 3.63) is 320 Å². The monoisotopic (exact) mass is 971 g/mol. The third-order valence-corrected chi connectivity index (χ3v) is 16.6. The van der Waals surface area contributed by atoms with E-state index in [0.717, 1.165) is 17.1 Å². The van der Waals surface area contributed by atoms with Gasteiger partial charge in [0.05, 0.1) is 5.41 Å². The largest absolute Gasteiger partial charge is 0.311 e. The number of anilines is 3. The molecule has 0 amide bonds. The molecule has 1 aromatic heterocycles. The van der Waals surface area contributed by atoms with Crippen LogP contribution in [0, 0.1) is 0 Å². The highest BCUT2D eigenvalue weighted by Crippen LogP contribution is 2.59. The average molecular weight is 972 g/mol. The highest BCUT2D eigenvalue weighted by atomic mass is 32.1. The number of fused-ring (bicyclic) bond motifs is 6. The maximum absolute atomic E-state index is 2.39. The number of hydrogen-bond donors (Lipinski definition) is 0. The van der Waals surface area contributed by atoms with Crippen LogP contribution in [0.2, 0.25) is 0 Å². The van der Waals surface area contributed by atoms with Crippen LogP contribution in [0.5, 0.6) is 0 Å². The Bertz CT molecular complexity index is 4080. The summed E-state index contributed by atoms with van der Waals surface area (Å²) >= 11 is 1.89. The lowest BCUT2D eigenvalue weighted by atomic mass is 9.66. The van der Waals surface area contributed by atoms with Gasteiger partial charge in [-0.25, -0.2) is 0 Å². The maximum atomic E-state index is 2.39. The molecule has 0 N–H and O–H groups in total. The molecule has 14 rings (SSSR count). The minimum atomic E-state index is -0.559. The van der Waals surface area contributed by atoms with Crippen molar-refractivity contribution in [1.82, 2.24) is 0 Å². The first-order chi connectivity index (χ1) is 37.2. The first-order valence-electron chi connectivity index (χ1n) is 25.8. The summed E-state index contributed by atoms with van der Waals surface area (Å²) < 4.78 is 2.65. The molecule has 13 aromatic rings. The Labute approximate surface area is 442 Å². The lowest BCUT2D eigenvalue weighted by molar-refractivity contribution is 0.770. The molecule has 1 atom stereocenters. The molecule has 1 heterocycles. The van der Waals surface area contributed by atoms with E-state index in [0.29, 0.717) is 0 Å². The van der Waals surface area contributed by atoms with E-state index >= 15 is 0 Å². The van der Waals surface area contributed by atoms with Gasteiger partial charge < -0.3 is 4.90 Å². The van der Waals surface area contributed by atoms with Crippen molar-refractivity contribution in [3.8, 4) is 66.8 Å². The average Bonchev–Trinajstić information content (AvgIpc) is 4.11. The van der Waals surface area contributed by atoms with Crippen molar-refractivity contribution >= 4 is 48.6 Å². The molecule has 12 aromatic carbocycles. The van der Waals surface area contributed by atoms with Gasteiger partial charge in [0.15, 0.2) is 0 Å². The summed E-state index contributed by atoms with van der Waals surface area (Å²) in [6, 6.07) is 109. The van der Waals surface area contributed by atoms with Crippen LogP contribution in [0.15, 0.2) is 297 Å². The fourth-order valence-corrected chi connectivity index (χ4v) is 13.1. The van der Waals surface area contributed by atoms with E-state index in [4.69, 9.17) is 0 Å². The third kappa shape index (κ3) is 7.61. The molecule has 0 radical (unpaired) electrons. The van der Waals surface area contributed by atoms with Gasteiger partial charge in [-0.05, 0) is 131 Å². The molecular weight excluding hydrogens is 923 g/mol. The molecule has 352 valence electrons. The summed E-state index contributed by atoms with van der Waals surface area (Å²) in [5, 5.41) is 2.64. The van der Waals surface area contributed by atoms with Crippen LogP contribution in [0.25, 0.3) is 86.9 Å². The minimum absolute atomic E-state index is 0.559. The lowest BCUT2D eigenvalue weighted by Crippen LogP contribution is -2.29. The van der Waals surface area contributed by atoms with Crippen molar-refractivity contribution in [2.75, 3.05) is 4.90 Å². The highest BCUT2D eigenvalue weighted by Gasteiger charge is 2.47. The van der Waals surface area contributed by atoms with Crippen LogP contribution in [-0.4, -0.2) is 0 Å². The Morgan fingerprint density at radius 1 is 0.253 bits per heavy atom. The maximum Gasteiger partial charge on any atom is 0.0719 e. The molecule has 0 bridgehead atoms. The highest BCUT2D eigenvalue weighted by molar-refractivity contribution is 7.26. The molecular formula is C73H49NS. The van der Waals surface area contributed by atoms with E-state index < -0.39 is 5.41 Å². The van der Waals surface area contributed by atoms with E-state index in [9.17, 15) is 0 Å². The van der Waals surface area contributed by atoms with Crippen molar-refractivity contribution in [3.63, 3.8) is 0 Å². The van der Waals surface area contributed by atoms with Crippen LogP contribution >= 0.6 is 11.3 Å². The second-order valence-corrected chi connectivity index (χ2v) is 20.6. The van der Waals surface area contributed by atoms with E-state index in [2.05, 4.69) is 302 Å². The lowest BCUT2D eigenvalue weighted by Gasteiger charge is -2.35. The fraction of sp³-hybridized carbons (Fsp3) is 0.0137. The second-order valence-electron chi connectivity index (χ2n) is 19.5. The van der Waals surface area contributed by atoms with Gasteiger partial charge in [0.1, 0.15) is 0 Å². The Morgan fingerprint density at radius 3 is 1.24 bits per heavy atom. The molecule has 1 aliphatic carbocycles. The zero-order chi connectivity index (χ0) is 49.7. The van der Waals surface area contributed by atoms with Crippen LogP contribution in [0.4, 0.5) is 17.1 Å². The molecule has 0 saturated carbocycles. The SMILES string of the molecule is c1ccc(-c2ccc(N(c3ccc(-c4ccccc4)cc3)c3ccc(-c4ccc(-c5cccc6c5C(c5ccccc5)(c5ccc(-c7cccc8c7sc7ccccc78)cc5)c5ccccc5-6)cc4)cc3)cc2)cc1. The Kier molecular flexibility index (Phi) is 11.0. The summed E-state index contributed by atoms with van der Waals surface area (Å²) in [5.41, 5.74) is 22.5. The second kappa shape index (κ2) is 18.6. The smallest absolute Gasteiger partial charge is 0.0719 e. The third-order valence-electron chi connectivity index (χ3n) is 15.4. The van der Waals surface area contributed by atoms with Gasteiger partial charge in [-0.15, -0.1) is 11.3 Å². The number of thiophene rings is 1. The zero-order valence-electron chi connectivity index (χ0n) is 41.1. The van der Waals surface area contributed by atoms with Gasteiger partial charge in [-0.1, -0.05) is 255 Å². The predicted molar refractivity (Wildman–Crippen MR) is 318 cm³/mol. The normalized spacial score (nSPS) is 13.7. The molecule has 0 aliphatic heterocycles. The number of hydrogen-bond acceptors (Lipinski definition) is 2. The molecule has 1 unspecified atom stereocenters. The van der Waals surface area contributed by atoms with Crippen LogP contribution in [0.3, 0.4) is 0 Å². The van der Waals surface area contributed by atoms with Gasteiger partial charge in [0.25, 0.3) is 0 Å². The van der Waals surface area contributed by atoms with Crippen molar-refractivity contribution < 1.29 is 0 Å². The van der Waals surface area contributed by atoms with Gasteiger partial charge in [0, 0.05) is 37.2 Å². The van der Waals surface area contributed by atoms with Gasteiger partial charge >= 0.3 is 0 Å². The molecule has 0 fully saturated rings. The predicted octanol–water partition coefficient (Wildman–Crippen LogP) is 20.2. The van der Waals surface area contributed by atoms with Crippen molar-refractivity contribution in [2.45, 2.75) is 5.41 Å². The van der Waals surface area contributed by atoms with E-state index in [1.165, 1.54) is 109 Å². The summed E-state index contributed by atoms with van der Waals surface area (Å²) in [7, 11) is 0. The molecule has 1 nitrogen and oxygen atoms in total. The quantitative estimate of drug-likeness (QED) is 0.132. The minimum Gasteiger partial charge on any atom is -0.311 e. The summed E-state index contributed by atoms with van der Waals surface area (Å²) in [5.74, 6) is 0. The number of benzene rings is 12. The molecule has 0 spiro atoms. The summed E-state index contributed by atoms with van der Waals surface area (Å²) in [6.07, 6.45) is 0. The molecule has 1 aliphatic rings. The Balaban J connectivity index is 0.832. The van der Waals surface area contributed by atoms with E-state index in [1.54, 1.807) is 0 Å². The van der Waals surface area contributed by atoms with Crippen LogP contribution in [0.1, 0.15) is 22.3 Å². The van der Waals surface area contributed by atoms with E-state index in [-0.39, 0.29) is 0 Å². The number of nitrogens with zero attached hydrogens (tertiary/aromatic N) is 1. The molecule has 75 heavy (non-hydrogen) atoms. The van der Waals surface area contributed by atoms with Crippen LogP contribution in [-0.2, 0) is 5.41 Å². The topological polar surface area (TPSA) is 3.24 Å². The van der Waals surface area contributed by atoms with Crippen molar-refractivity contribution in [1.29, 1.82) is 0 Å². The van der Waals surface area contributed by atoms with Crippen LogP contribution < -0.4 is 4.90 Å². The van der Waals surface area contributed by atoms with Gasteiger partial charge in [-0.2, -0.15) is 0 Å². The van der Waals surface area contributed by atoms with Gasteiger partial charge in [-0.3, -0.25) is 0 Å².